The quantitative estimate of drug-likeness (QED) is 0.282. The predicted molar refractivity (Wildman–Crippen MR) is 129 cm³/mol. The average molecular weight is 497 g/mol. The fourth-order valence-electron chi connectivity index (χ4n) is 7.41. The first-order valence-electron chi connectivity index (χ1n) is 13.6. The number of hydrogen-bond donors (Lipinski definition) is 1. The molecule has 0 radical (unpaired) electrons. The fraction of sp³-hybridized carbons (Fsp3) is 0.690. The van der Waals surface area contributed by atoms with Gasteiger partial charge in [-0.25, -0.2) is 0 Å². The highest BCUT2D eigenvalue weighted by Crippen LogP contribution is 2.46. The van der Waals surface area contributed by atoms with E-state index in [-0.39, 0.29) is 73.2 Å². The van der Waals surface area contributed by atoms with Crippen LogP contribution in [0.25, 0.3) is 0 Å². The topological polar surface area (TPSA) is 99.1 Å². The van der Waals surface area contributed by atoms with Crippen molar-refractivity contribution >= 4 is 17.9 Å². The van der Waals surface area contributed by atoms with E-state index in [2.05, 4.69) is 36.5 Å². The van der Waals surface area contributed by atoms with E-state index in [1.807, 2.05) is 0 Å². The lowest BCUT2D eigenvalue weighted by Crippen LogP contribution is -2.44. The number of hydrogen-bond acceptors (Lipinski definition) is 7. The largest absolute Gasteiger partial charge is 0.464 e. The summed E-state index contributed by atoms with van der Waals surface area (Å²) in [7, 11) is 0. The number of ether oxygens (including phenoxy) is 3. The summed E-state index contributed by atoms with van der Waals surface area (Å²) in [5.74, 6) is 0.511. The minimum absolute atomic E-state index is 0.159. The van der Waals surface area contributed by atoms with E-state index >= 15 is 0 Å². The Hall–Kier alpha value is -2.41. The smallest absolute Gasteiger partial charge is 0.309 e. The summed E-state index contributed by atoms with van der Waals surface area (Å²) in [5.41, 5.74) is -1.19. The molecular formula is C29H36O7. The molecule has 9 atom stereocenters. The van der Waals surface area contributed by atoms with Crippen molar-refractivity contribution in [1.82, 2.24) is 0 Å². The predicted octanol–water partition coefficient (Wildman–Crippen LogP) is 3.23. The van der Waals surface area contributed by atoms with E-state index < -0.39 is 12.0 Å². The second kappa shape index (κ2) is 9.47. The lowest BCUT2D eigenvalue weighted by atomic mass is 9.90. The van der Waals surface area contributed by atoms with Crippen molar-refractivity contribution in [3.63, 3.8) is 0 Å². The second-order valence-electron chi connectivity index (χ2n) is 12.1. The zero-order valence-electron chi connectivity index (χ0n) is 20.6. The van der Waals surface area contributed by atoms with Crippen LogP contribution in [0.2, 0.25) is 0 Å². The van der Waals surface area contributed by atoms with Crippen LogP contribution in [0.5, 0.6) is 0 Å². The zero-order valence-corrected chi connectivity index (χ0v) is 20.6. The molecule has 6 aliphatic rings. The molecule has 6 rings (SSSR count). The SMILES string of the molecule is O=C(OCC(CO)(COC(=O)C1CC2C=CC1C2)COC(=O)C1CC2C=CC1C2)C1CC2C=CC1C2. The number of rotatable bonds is 10. The minimum atomic E-state index is -1.19. The van der Waals surface area contributed by atoms with Gasteiger partial charge in [0.1, 0.15) is 19.8 Å². The van der Waals surface area contributed by atoms with Crippen molar-refractivity contribution in [1.29, 1.82) is 0 Å². The van der Waals surface area contributed by atoms with Crippen LogP contribution in [0, 0.1) is 58.7 Å². The monoisotopic (exact) mass is 496 g/mol. The Labute approximate surface area is 211 Å². The normalized spacial score (nSPS) is 40.1. The molecule has 7 nitrogen and oxygen atoms in total. The van der Waals surface area contributed by atoms with Gasteiger partial charge < -0.3 is 19.3 Å². The van der Waals surface area contributed by atoms with E-state index in [1.165, 1.54) is 0 Å². The van der Waals surface area contributed by atoms with Crippen molar-refractivity contribution in [3.8, 4) is 0 Å². The molecule has 0 aliphatic heterocycles. The van der Waals surface area contributed by atoms with Crippen LogP contribution in [0.3, 0.4) is 0 Å². The lowest BCUT2D eigenvalue weighted by molar-refractivity contribution is -0.171. The molecule has 0 spiro atoms. The van der Waals surface area contributed by atoms with Crippen LogP contribution >= 0.6 is 0 Å². The molecule has 3 fully saturated rings. The van der Waals surface area contributed by atoms with Crippen molar-refractivity contribution in [2.24, 2.45) is 58.7 Å². The Morgan fingerprint density at radius 1 is 0.583 bits per heavy atom. The zero-order chi connectivity index (χ0) is 24.9. The molecule has 0 aromatic rings. The minimum Gasteiger partial charge on any atom is -0.464 e. The molecule has 1 N–H and O–H groups in total. The number of carbonyl (C=O) groups is 3. The second-order valence-corrected chi connectivity index (χ2v) is 12.1. The van der Waals surface area contributed by atoms with Gasteiger partial charge in [0.2, 0.25) is 0 Å². The number of aliphatic hydroxyl groups excluding tert-OH is 1. The van der Waals surface area contributed by atoms with Gasteiger partial charge >= 0.3 is 17.9 Å². The Kier molecular flexibility index (Phi) is 6.30. The van der Waals surface area contributed by atoms with E-state index in [4.69, 9.17) is 14.2 Å². The van der Waals surface area contributed by atoms with Gasteiger partial charge in [-0.3, -0.25) is 14.4 Å². The Bertz CT molecular complexity index is 874. The summed E-state index contributed by atoms with van der Waals surface area (Å²) < 4.78 is 17.1. The summed E-state index contributed by atoms with van der Waals surface area (Å²) in [4.78, 5) is 38.7. The third-order valence-electron chi connectivity index (χ3n) is 9.64. The van der Waals surface area contributed by atoms with Gasteiger partial charge in [0.25, 0.3) is 0 Å². The molecule has 0 aromatic carbocycles. The van der Waals surface area contributed by atoms with Crippen LogP contribution in [0.1, 0.15) is 38.5 Å². The number of esters is 3. The molecule has 194 valence electrons. The summed E-state index contributed by atoms with van der Waals surface area (Å²) in [6.07, 6.45) is 18.1. The summed E-state index contributed by atoms with van der Waals surface area (Å²) in [5, 5.41) is 10.4. The highest BCUT2D eigenvalue weighted by Gasteiger charge is 2.46. The number of allylic oxidation sites excluding steroid dienone is 6. The maximum atomic E-state index is 12.9. The number of aliphatic hydroxyl groups is 1. The lowest BCUT2D eigenvalue weighted by Gasteiger charge is -2.32. The third kappa shape index (κ3) is 4.44. The van der Waals surface area contributed by atoms with Gasteiger partial charge in [-0.1, -0.05) is 36.5 Å². The summed E-state index contributed by atoms with van der Waals surface area (Å²) >= 11 is 0. The molecule has 0 aromatic heterocycles. The van der Waals surface area contributed by atoms with Crippen LogP contribution in [-0.2, 0) is 28.6 Å². The molecule has 0 heterocycles. The molecule has 36 heavy (non-hydrogen) atoms. The number of fused-ring (bicyclic) bond motifs is 6. The number of carbonyl (C=O) groups excluding carboxylic acids is 3. The van der Waals surface area contributed by atoms with E-state index in [1.54, 1.807) is 0 Å². The molecular weight excluding hydrogens is 460 g/mol. The first kappa shape index (κ1) is 24.0. The Morgan fingerprint density at radius 3 is 1.14 bits per heavy atom. The first-order chi connectivity index (χ1) is 17.4. The van der Waals surface area contributed by atoms with Gasteiger partial charge in [0.05, 0.1) is 29.8 Å². The Morgan fingerprint density at radius 2 is 0.917 bits per heavy atom. The Balaban J connectivity index is 1.10. The highest BCUT2D eigenvalue weighted by molar-refractivity contribution is 5.75. The standard InChI is InChI=1S/C29H36O7/c30-13-29(14-34-26(31)23-10-17-1-4-20(23)7-17,15-35-27(32)24-11-18-2-5-21(24)8-18)16-36-28(33)25-12-19-3-6-22(25)9-19/h1-6,17-25,30H,7-16H2. The van der Waals surface area contributed by atoms with Crippen molar-refractivity contribution < 1.29 is 33.7 Å². The van der Waals surface area contributed by atoms with Gasteiger partial charge in [-0.05, 0) is 74.0 Å². The molecule has 0 saturated heterocycles. The van der Waals surface area contributed by atoms with Crippen LogP contribution in [0.15, 0.2) is 36.5 Å². The highest BCUT2D eigenvalue weighted by atomic mass is 16.6. The summed E-state index contributed by atoms with van der Waals surface area (Å²) in [6, 6.07) is 0. The van der Waals surface area contributed by atoms with Crippen LogP contribution in [-0.4, -0.2) is 49.4 Å². The van der Waals surface area contributed by atoms with E-state index in [9.17, 15) is 19.5 Å². The van der Waals surface area contributed by atoms with Crippen molar-refractivity contribution in [3.05, 3.63) is 36.5 Å². The average Bonchev–Trinajstić information content (AvgIpc) is 3.74. The first-order valence-corrected chi connectivity index (χ1v) is 13.6. The molecule has 6 bridgehead atoms. The summed E-state index contributed by atoms with van der Waals surface area (Å²) in [6.45, 7) is -0.903. The molecule has 9 unspecified atom stereocenters. The van der Waals surface area contributed by atoms with Crippen LogP contribution in [0.4, 0.5) is 0 Å². The van der Waals surface area contributed by atoms with E-state index in [0.29, 0.717) is 17.8 Å². The van der Waals surface area contributed by atoms with Crippen LogP contribution < -0.4 is 0 Å². The third-order valence-corrected chi connectivity index (χ3v) is 9.64. The molecule has 0 amide bonds. The molecule has 6 aliphatic carbocycles. The van der Waals surface area contributed by atoms with Gasteiger partial charge in [0, 0.05) is 0 Å². The van der Waals surface area contributed by atoms with Gasteiger partial charge in [-0.2, -0.15) is 0 Å². The van der Waals surface area contributed by atoms with Gasteiger partial charge in [-0.15, -0.1) is 0 Å². The molecule has 7 heteroatoms. The van der Waals surface area contributed by atoms with Crippen molar-refractivity contribution in [2.45, 2.75) is 38.5 Å². The maximum Gasteiger partial charge on any atom is 0.309 e. The van der Waals surface area contributed by atoms with Gasteiger partial charge in [0.15, 0.2) is 0 Å². The molecule has 3 saturated carbocycles. The van der Waals surface area contributed by atoms with E-state index in [0.717, 1.165) is 38.5 Å². The maximum absolute atomic E-state index is 12.9. The fourth-order valence-corrected chi connectivity index (χ4v) is 7.41. The van der Waals surface area contributed by atoms with Crippen molar-refractivity contribution in [2.75, 3.05) is 26.4 Å².